The lowest BCUT2D eigenvalue weighted by atomic mass is 9.75. The van der Waals surface area contributed by atoms with Crippen molar-refractivity contribution in [1.29, 1.82) is 0 Å². The van der Waals surface area contributed by atoms with E-state index in [1.54, 1.807) is 0 Å². The molecule has 0 fully saturated rings. The molecule has 2 heteroatoms. The zero-order chi connectivity index (χ0) is 14.2. The highest BCUT2D eigenvalue weighted by Gasteiger charge is 2.48. The van der Waals surface area contributed by atoms with E-state index < -0.39 is 5.41 Å². The normalized spacial score (nSPS) is 20.8. The summed E-state index contributed by atoms with van der Waals surface area (Å²) in [6, 6.07) is 17.3. The van der Waals surface area contributed by atoms with Crippen LogP contribution in [0.25, 0.3) is 0 Å². The van der Waals surface area contributed by atoms with E-state index in [2.05, 4.69) is 0 Å². The number of carbonyl (C=O) groups excluding carboxylic acids is 2. The summed E-state index contributed by atoms with van der Waals surface area (Å²) >= 11 is 0. The third-order valence-corrected chi connectivity index (χ3v) is 4.21. The van der Waals surface area contributed by atoms with Crippen molar-refractivity contribution in [3.05, 3.63) is 71.3 Å². The Hall–Kier alpha value is -2.22. The van der Waals surface area contributed by atoms with E-state index in [0.29, 0.717) is 18.4 Å². The predicted octanol–water partition coefficient (Wildman–Crippen LogP) is 3.24. The number of ketones is 2. The Morgan fingerprint density at radius 3 is 2.35 bits per heavy atom. The van der Waals surface area contributed by atoms with Gasteiger partial charge in [-0.05, 0) is 30.9 Å². The lowest BCUT2D eigenvalue weighted by Crippen LogP contribution is -2.37. The quantitative estimate of drug-likeness (QED) is 0.797. The first-order valence-corrected chi connectivity index (χ1v) is 6.81. The summed E-state index contributed by atoms with van der Waals surface area (Å²) in [6.45, 7) is 1.53. The van der Waals surface area contributed by atoms with Crippen LogP contribution in [-0.4, -0.2) is 11.6 Å². The summed E-state index contributed by atoms with van der Waals surface area (Å²) in [5.74, 6) is -0.0630. The van der Waals surface area contributed by atoms with Crippen molar-refractivity contribution in [3.63, 3.8) is 0 Å². The molecule has 1 atom stereocenters. The van der Waals surface area contributed by atoms with Gasteiger partial charge in [0.25, 0.3) is 0 Å². The number of Topliss-reactive ketones (excluding diaryl/α,β-unsaturated/α-hetero) is 2. The van der Waals surface area contributed by atoms with Crippen LogP contribution in [0.3, 0.4) is 0 Å². The van der Waals surface area contributed by atoms with Crippen molar-refractivity contribution in [3.8, 4) is 0 Å². The van der Waals surface area contributed by atoms with Crippen molar-refractivity contribution in [2.24, 2.45) is 5.41 Å². The minimum Gasteiger partial charge on any atom is -0.299 e. The van der Waals surface area contributed by atoms with E-state index in [0.717, 1.165) is 11.1 Å². The van der Waals surface area contributed by atoms with Gasteiger partial charge < -0.3 is 0 Å². The molecule has 0 bridgehead atoms. The molecule has 100 valence electrons. The van der Waals surface area contributed by atoms with Crippen molar-refractivity contribution >= 4 is 11.6 Å². The molecule has 2 aromatic carbocycles. The highest BCUT2D eigenvalue weighted by atomic mass is 16.2. The third kappa shape index (κ3) is 1.88. The number of carbonyl (C=O) groups is 2. The molecule has 20 heavy (non-hydrogen) atoms. The van der Waals surface area contributed by atoms with Crippen LogP contribution in [0.1, 0.15) is 28.4 Å². The van der Waals surface area contributed by atoms with Crippen molar-refractivity contribution in [2.75, 3.05) is 0 Å². The van der Waals surface area contributed by atoms with Gasteiger partial charge in [-0.3, -0.25) is 9.59 Å². The summed E-state index contributed by atoms with van der Waals surface area (Å²) in [5, 5.41) is 0. The summed E-state index contributed by atoms with van der Waals surface area (Å²) in [5.41, 5.74) is 1.82. The molecule has 1 unspecified atom stereocenters. The highest BCUT2D eigenvalue weighted by Crippen LogP contribution is 2.40. The molecule has 2 aromatic rings. The van der Waals surface area contributed by atoms with Gasteiger partial charge in [0.1, 0.15) is 5.78 Å². The van der Waals surface area contributed by atoms with Gasteiger partial charge in [-0.25, -0.2) is 0 Å². The molecule has 0 radical (unpaired) electrons. The predicted molar refractivity (Wildman–Crippen MR) is 77.7 cm³/mol. The molecule has 0 saturated carbocycles. The molecule has 0 N–H and O–H groups in total. The molecule has 0 saturated heterocycles. The fourth-order valence-corrected chi connectivity index (χ4v) is 3.06. The van der Waals surface area contributed by atoms with Crippen LogP contribution in [0, 0.1) is 5.41 Å². The first-order chi connectivity index (χ1) is 9.63. The summed E-state index contributed by atoms with van der Waals surface area (Å²) in [6.07, 6.45) is 1.00. The number of rotatable bonds is 3. The summed E-state index contributed by atoms with van der Waals surface area (Å²) < 4.78 is 0. The molecule has 3 rings (SSSR count). The standard InChI is InChI=1S/C18H16O2/c1-13(19)18(11-14-7-3-2-4-8-14)12-15-9-5-6-10-16(15)17(18)20/h2-10H,11-12H2,1H3. The molecule has 2 nitrogen and oxygen atoms in total. The molecule has 0 amide bonds. The van der Waals surface area contributed by atoms with Gasteiger partial charge in [0.05, 0.1) is 5.41 Å². The second kappa shape index (κ2) is 4.71. The molecule has 0 aromatic heterocycles. The van der Waals surface area contributed by atoms with Gasteiger partial charge in [0, 0.05) is 5.56 Å². The molecule has 0 spiro atoms. The molecular weight excluding hydrogens is 248 g/mol. The SMILES string of the molecule is CC(=O)C1(Cc2ccccc2)Cc2ccccc2C1=O. The average molecular weight is 264 g/mol. The minimum atomic E-state index is -0.912. The van der Waals surface area contributed by atoms with Crippen LogP contribution in [0.15, 0.2) is 54.6 Å². The van der Waals surface area contributed by atoms with Crippen LogP contribution in [-0.2, 0) is 17.6 Å². The highest BCUT2D eigenvalue weighted by molar-refractivity contribution is 6.17. The van der Waals surface area contributed by atoms with Gasteiger partial charge in [-0.1, -0.05) is 54.6 Å². The monoisotopic (exact) mass is 264 g/mol. The van der Waals surface area contributed by atoms with Gasteiger partial charge in [0.15, 0.2) is 5.78 Å². The van der Waals surface area contributed by atoms with Gasteiger partial charge in [0.2, 0.25) is 0 Å². The van der Waals surface area contributed by atoms with Gasteiger partial charge in [-0.15, -0.1) is 0 Å². The Labute approximate surface area is 118 Å². The first-order valence-electron chi connectivity index (χ1n) is 6.81. The Morgan fingerprint density at radius 1 is 1.05 bits per heavy atom. The Balaban J connectivity index is 2.04. The maximum Gasteiger partial charge on any atom is 0.177 e. The zero-order valence-electron chi connectivity index (χ0n) is 11.4. The smallest absolute Gasteiger partial charge is 0.177 e. The summed E-state index contributed by atoms with van der Waals surface area (Å²) in [4.78, 5) is 25.0. The number of benzene rings is 2. The van der Waals surface area contributed by atoms with Crippen LogP contribution in [0.4, 0.5) is 0 Å². The van der Waals surface area contributed by atoms with E-state index in [1.807, 2.05) is 54.6 Å². The van der Waals surface area contributed by atoms with Crippen molar-refractivity contribution in [2.45, 2.75) is 19.8 Å². The van der Waals surface area contributed by atoms with E-state index >= 15 is 0 Å². The maximum atomic E-state index is 12.7. The molecular formula is C18H16O2. The number of hydrogen-bond donors (Lipinski definition) is 0. The fraction of sp³-hybridized carbons (Fsp3) is 0.222. The first kappa shape index (κ1) is 12.8. The van der Waals surface area contributed by atoms with Crippen LogP contribution >= 0.6 is 0 Å². The van der Waals surface area contributed by atoms with Crippen molar-refractivity contribution in [1.82, 2.24) is 0 Å². The van der Waals surface area contributed by atoms with E-state index in [1.165, 1.54) is 6.92 Å². The maximum absolute atomic E-state index is 12.7. The van der Waals surface area contributed by atoms with E-state index in [4.69, 9.17) is 0 Å². The Bertz CT molecular complexity index is 673. The Morgan fingerprint density at radius 2 is 1.70 bits per heavy atom. The largest absolute Gasteiger partial charge is 0.299 e. The van der Waals surface area contributed by atoms with Crippen LogP contribution in [0.5, 0.6) is 0 Å². The lowest BCUT2D eigenvalue weighted by molar-refractivity contribution is -0.123. The van der Waals surface area contributed by atoms with Gasteiger partial charge >= 0.3 is 0 Å². The third-order valence-electron chi connectivity index (χ3n) is 4.21. The van der Waals surface area contributed by atoms with Crippen LogP contribution < -0.4 is 0 Å². The Kier molecular flexibility index (Phi) is 3.01. The summed E-state index contributed by atoms with van der Waals surface area (Å²) in [7, 11) is 0. The molecule has 1 aliphatic rings. The molecule has 0 heterocycles. The van der Waals surface area contributed by atoms with Gasteiger partial charge in [-0.2, -0.15) is 0 Å². The second-order valence-corrected chi connectivity index (χ2v) is 5.46. The average Bonchev–Trinajstić information content (AvgIpc) is 2.75. The topological polar surface area (TPSA) is 34.1 Å². The molecule has 1 aliphatic carbocycles. The number of fused-ring (bicyclic) bond motifs is 1. The second-order valence-electron chi connectivity index (χ2n) is 5.46. The van der Waals surface area contributed by atoms with E-state index in [9.17, 15) is 9.59 Å². The number of hydrogen-bond acceptors (Lipinski definition) is 2. The minimum absolute atomic E-state index is 0.0237. The zero-order valence-corrected chi connectivity index (χ0v) is 11.4. The molecule has 0 aliphatic heterocycles. The van der Waals surface area contributed by atoms with E-state index in [-0.39, 0.29) is 11.6 Å². The lowest BCUT2D eigenvalue weighted by Gasteiger charge is -2.24. The van der Waals surface area contributed by atoms with Crippen molar-refractivity contribution < 1.29 is 9.59 Å². The fourth-order valence-electron chi connectivity index (χ4n) is 3.06. The van der Waals surface area contributed by atoms with Crippen LogP contribution in [0.2, 0.25) is 0 Å².